The third kappa shape index (κ3) is 1.87. The molecule has 0 amide bonds. The highest BCUT2D eigenvalue weighted by atomic mass is 32.2. The lowest BCUT2D eigenvalue weighted by Crippen LogP contribution is -2.12. The van der Waals surface area contributed by atoms with Crippen LogP contribution >= 0.6 is 11.8 Å². The highest BCUT2D eigenvalue weighted by Crippen LogP contribution is 2.35. The summed E-state index contributed by atoms with van der Waals surface area (Å²) in [6, 6.07) is 14.9. The van der Waals surface area contributed by atoms with E-state index in [1.165, 1.54) is 11.8 Å². The van der Waals surface area contributed by atoms with Crippen LogP contribution in [0.4, 0.5) is 0 Å². The Morgan fingerprint density at radius 1 is 0.722 bits per heavy atom. The molecular formula is C15H10O2S. The van der Waals surface area contributed by atoms with Crippen LogP contribution < -0.4 is 0 Å². The zero-order valence-corrected chi connectivity index (χ0v) is 10.4. The van der Waals surface area contributed by atoms with Gasteiger partial charge in [0.1, 0.15) is 0 Å². The molecule has 1 aliphatic heterocycles. The minimum atomic E-state index is -0.0994. The number of Topliss-reactive ketones (excluding diaryl/α,β-unsaturated/α-hetero) is 2. The summed E-state index contributed by atoms with van der Waals surface area (Å²) in [4.78, 5) is 25.9. The molecule has 0 spiro atoms. The van der Waals surface area contributed by atoms with Crippen LogP contribution in [0.1, 0.15) is 27.1 Å². The number of benzene rings is 2. The summed E-state index contributed by atoms with van der Waals surface area (Å²) >= 11 is 1.48. The Balaban J connectivity index is 2.19. The number of hydrogen-bond acceptors (Lipinski definition) is 3. The molecule has 88 valence electrons. The summed E-state index contributed by atoms with van der Waals surface area (Å²) in [5.74, 6) is -0.199. The molecule has 0 aromatic heterocycles. The summed E-state index contributed by atoms with van der Waals surface area (Å²) in [5, 5.41) is 0. The first-order valence-corrected chi connectivity index (χ1v) is 6.49. The summed E-state index contributed by atoms with van der Waals surface area (Å²) < 4.78 is 0. The van der Waals surface area contributed by atoms with Gasteiger partial charge in [0.05, 0.1) is 6.42 Å². The van der Waals surface area contributed by atoms with Crippen molar-refractivity contribution < 1.29 is 9.59 Å². The number of hydrogen-bond donors (Lipinski definition) is 0. The number of rotatable bonds is 0. The van der Waals surface area contributed by atoms with Gasteiger partial charge in [-0.3, -0.25) is 9.59 Å². The fourth-order valence-electron chi connectivity index (χ4n) is 2.03. The van der Waals surface area contributed by atoms with E-state index in [0.29, 0.717) is 11.1 Å². The third-order valence-electron chi connectivity index (χ3n) is 2.92. The van der Waals surface area contributed by atoms with Gasteiger partial charge in [-0.2, -0.15) is 0 Å². The summed E-state index contributed by atoms with van der Waals surface area (Å²) in [6.45, 7) is 0. The Morgan fingerprint density at radius 3 is 1.67 bits per heavy atom. The van der Waals surface area contributed by atoms with E-state index < -0.39 is 0 Å². The van der Waals surface area contributed by atoms with Crippen LogP contribution in [0, 0.1) is 0 Å². The molecule has 0 unspecified atom stereocenters. The van der Waals surface area contributed by atoms with Gasteiger partial charge in [0.15, 0.2) is 11.6 Å². The molecule has 0 aliphatic carbocycles. The van der Waals surface area contributed by atoms with Gasteiger partial charge in [-0.05, 0) is 12.1 Å². The topological polar surface area (TPSA) is 34.1 Å². The Labute approximate surface area is 109 Å². The Kier molecular flexibility index (Phi) is 2.76. The van der Waals surface area contributed by atoms with Crippen molar-refractivity contribution in [3.63, 3.8) is 0 Å². The summed E-state index contributed by atoms with van der Waals surface area (Å²) in [5.41, 5.74) is 1.29. The number of ketones is 2. The van der Waals surface area contributed by atoms with Gasteiger partial charge in [0, 0.05) is 20.9 Å². The molecule has 18 heavy (non-hydrogen) atoms. The van der Waals surface area contributed by atoms with Crippen molar-refractivity contribution in [2.24, 2.45) is 0 Å². The zero-order valence-electron chi connectivity index (χ0n) is 9.55. The predicted molar refractivity (Wildman–Crippen MR) is 70.3 cm³/mol. The standard InChI is InChI=1S/C15H10O2S/c16-12-9-13(17)11-6-2-4-8-15(11)18-14-7-3-1-5-10(12)14/h1-8H,9H2. The zero-order chi connectivity index (χ0) is 12.5. The lowest BCUT2D eigenvalue weighted by Gasteiger charge is -2.14. The second kappa shape index (κ2) is 4.42. The SMILES string of the molecule is O=C1CC(=O)c2ccccc2Sc2ccccc21. The Morgan fingerprint density at radius 2 is 1.17 bits per heavy atom. The molecule has 0 saturated heterocycles. The van der Waals surface area contributed by atoms with E-state index in [9.17, 15) is 9.59 Å². The molecule has 3 heteroatoms. The van der Waals surface area contributed by atoms with E-state index in [2.05, 4.69) is 0 Å². The van der Waals surface area contributed by atoms with Crippen molar-refractivity contribution in [2.45, 2.75) is 16.2 Å². The highest BCUT2D eigenvalue weighted by molar-refractivity contribution is 7.99. The van der Waals surface area contributed by atoms with Crippen LogP contribution in [0.15, 0.2) is 58.3 Å². The highest BCUT2D eigenvalue weighted by Gasteiger charge is 2.22. The third-order valence-corrected chi connectivity index (χ3v) is 4.07. The molecule has 0 saturated carbocycles. The molecule has 2 aromatic carbocycles. The first-order valence-electron chi connectivity index (χ1n) is 5.68. The maximum absolute atomic E-state index is 12.0. The van der Waals surface area contributed by atoms with Crippen molar-refractivity contribution in [2.75, 3.05) is 0 Å². The number of fused-ring (bicyclic) bond motifs is 2. The fraction of sp³-hybridized carbons (Fsp3) is 0.0667. The van der Waals surface area contributed by atoms with Gasteiger partial charge in [0.25, 0.3) is 0 Å². The second-order valence-corrected chi connectivity index (χ2v) is 5.20. The van der Waals surface area contributed by atoms with Gasteiger partial charge < -0.3 is 0 Å². The first-order chi connectivity index (χ1) is 8.75. The number of carbonyl (C=O) groups excluding carboxylic acids is 2. The smallest absolute Gasteiger partial charge is 0.171 e. The fourth-order valence-corrected chi connectivity index (χ4v) is 3.14. The van der Waals surface area contributed by atoms with E-state index >= 15 is 0 Å². The summed E-state index contributed by atoms with van der Waals surface area (Å²) in [7, 11) is 0. The number of carbonyl (C=O) groups is 2. The largest absolute Gasteiger partial charge is 0.294 e. The van der Waals surface area contributed by atoms with E-state index in [0.717, 1.165) is 9.79 Å². The van der Waals surface area contributed by atoms with Crippen LogP contribution in [0.5, 0.6) is 0 Å². The minimum absolute atomic E-state index is 0.0470. The van der Waals surface area contributed by atoms with Crippen LogP contribution in [0.25, 0.3) is 0 Å². The monoisotopic (exact) mass is 254 g/mol. The van der Waals surface area contributed by atoms with Crippen LogP contribution in [0.3, 0.4) is 0 Å². The van der Waals surface area contributed by atoms with Crippen LogP contribution in [-0.2, 0) is 0 Å². The van der Waals surface area contributed by atoms with E-state index in [4.69, 9.17) is 0 Å². The van der Waals surface area contributed by atoms with Crippen molar-refractivity contribution >= 4 is 23.3 Å². The molecule has 0 N–H and O–H groups in total. The molecular weight excluding hydrogens is 244 g/mol. The minimum Gasteiger partial charge on any atom is -0.294 e. The van der Waals surface area contributed by atoms with Crippen molar-refractivity contribution in [3.05, 3.63) is 59.7 Å². The quantitative estimate of drug-likeness (QED) is 0.673. The van der Waals surface area contributed by atoms with Gasteiger partial charge in [0.2, 0.25) is 0 Å². The van der Waals surface area contributed by atoms with Gasteiger partial charge >= 0.3 is 0 Å². The average Bonchev–Trinajstić information content (AvgIpc) is 2.38. The Hall–Kier alpha value is -1.87. The van der Waals surface area contributed by atoms with Crippen molar-refractivity contribution in [3.8, 4) is 0 Å². The van der Waals surface area contributed by atoms with Crippen LogP contribution in [-0.4, -0.2) is 11.6 Å². The molecule has 3 rings (SSSR count). The molecule has 1 heterocycles. The molecule has 1 aliphatic rings. The van der Waals surface area contributed by atoms with E-state index in [1.54, 1.807) is 12.1 Å². The van der Waals surface area contributed by atoms with Gasteiger partial charge in [-0.15, -0.1) is 0 Å². The molecule has 2 nitrogen and oxygen atoms in total. The normalized spacial score (nSPS) is 14.4. The second-order valence-electron chi connectivity index (χ2n) is 4.12. The maximum atomic E-state index is 12.0. The van der Waals surface area contributed by atoms with Crippen molar-refractivity contribution in [1.29, 1.82) is 0 Å². The molecule has 0 radical (unpaired) electrons. The van der Waals surface area contributed by atoms with Gasteiger partial charge in [-0.25, -0.2) is 0 Å². The average molecular weight is 254 g/mol. The molecule has 0 fully saturated rings. The van der Waals surface area contributed by atoms with Gasteiger partial charge in [-0.1, -0.05) is 48.2 Å². The van der Waals surface area contributed by atoms with Crippen LogP contribution in [0.2, 0.25) is 0 Å². The molecule has 0 atom stereocenters. The Bertz CT molecular complexity index is 591. The maximum Gasteiger partial charge on any atom is 0.171 e. The lowest BCUT2D eigenvalue weighted by molar-refractivity contribution is 0.0890. The lowest BCUT2D eigenvalue weighted by atomic mass is 10.0. The predicted octanol–water partition coefficient (Wildman–Crippen LogP) is 3.61. The first kappa shape index (κ1) is 11.2. The van der Waals surface area contributed by atoms with E-state index in [-0.39, 0.29) is 18.0 Å². The molecule has 0 bridgehead atoms. The van der Waals surface area contributed by atoms with E-state index in [1.807, 2.05) is 36.4 Å². The van der Waals surface area contributed by atoms with Crippen molar-refractivity contribution in [1.82, 2.24) is 0 Å². The molecule has 2 aromatic rings. The summed E-state index contributed by atoms with van der Waals surface area (Å²) in [6.07, 6.45) is -0.0470.